The number of rotatable bonds is 6. The van der Waals surface area contributed by atoms with Crippen LogP contribution in [0.15, 0.2) is 52.8 Å². The van der Waals surface area contributed by atoms with Gasteiger partial charge in [-0.1, -0.05) is 35.0 Å². The first-order chi connectivity index (χ1) is 11.6. The second kappa shape index (κ2) is 8.25. The molecule has 0 aliphatic carbocycles. The van der Waals surface area contributed by atoms with Gasteiger partial charge in [-0.3, -0.25) is 4.98 Å². The molecule has 0 unspecified atom stereocenters. The lowest BCUT2D eigenvalue weighted by atomic mass is 10.2. The van der Waals surface area contributed by atoms with Gasteiger partial charge in [0.2, 0.25) is 0 Å². The van der Waals surface area contributed by atoms with Crippen molar-refractivity contribution in [1.29, 1.82) is 0 Å². The first-order valence-electron chi connectivity index (χ1n) is 7.15. The van der Waals surface area contributed by atoms with Crippen LogP contribution in [0.3, 0.4) is 0 Å². The minimum atomic E-state index is 0.699. The van der Waals surface area contributed by atoms with Crippen LogP contribution in [0.4, 0.5) is 0 Å². The number of aromatic nitrogens is 4. The average Bonchev–Trinajstić information content (AvgIpc) is 2.96. The second-order valence-corrected chi connectivity index (χ2v) is 7.92. The van der Waals surface area contributed by atoms with Crippen LogP contribution < -0.4 is 0 Å². The van der Waals surface area contributed by atoms with Crippen LogP contribution in [0.1, 0.15) is 0 Å². The maximum absolute atomic E-state index is 6.17. The molecule has 0 fully saturated rings. The Kier molecular flexibility index (Phi) is 6.05. The summed E-state index contributed by atoms with van der Waals surface area (Å²) in [5, 5.41) is 10.9. The zero-order valence-electron chi connectivity index (χ0n) is 12.8. The van der Waals surface area contributed by atoms with Crippen LogP contribution in [-0.4, -0.2) is 31.3 Å². The van der Waals surface area contributed by atoms with E-state index >= 15 is 0 Å². The van der Waals surface area contributed by atoms with Crippen LogP contribution in [0.2, 0.25) is 10.0 Å². The standard InChI is InChI=1S/C16H14Cl2N4S2/c1-22-15(11-4-6-19-7-5-11)20-21-16(22)24-9-8-23-14-10-12(17)2-3-13(14)18/h2-7,10H,8-9H2,1H3. The van der Waals surface area contributed by atoms with Gasteiger partial charge < -0.3 is 4.57 Å². The Hall–Kier alpha value is -1.21. The third-order valence-electron chi connectivity index (χ3n) is 3.24. The van der Waals surface area contributed by atoms with Crippen LogP contribution in [0.5, 0.6) is 0 Å². The maximum Gasteiger partial charge on any atom is 0.191 e. The molecule has 0 amide bonds. The average molecular weight is 397 g/mol. The van der Waals surface area contributed by atoms with Gasteiger partial charge in [-0.15, -0.1) is 22.0 Å². The number of benzene rings is 1. The van der Waals surface area contributed by atoms with Crippen LogP contribution in [0.25, 0.3) is 11.4 Å². The summed E-state index contributed by atoms with van der Waals surface area (Å²) in [6, 6.07) is 9.36. The van der Waals surface area contributed by atoms with Gasteiger partial charge in [0.05, 0.1) is 5.02 Å². The molecule has 2 heterocycles. The Labute approximate surface area is 159 Å². The van der Waals surface area contributed by atoms with Crippen molar-refractivity contribution in [2.45, 2.75) is 10.1 Å². The minimum absolute atomic E-state index is 0.699. The van der Waals surface area contributed by atoms with Gasteiger partial charge in [0.1, 0.15) is 0 Å². The monoisotopic (exact) mass is 396 g/mol. The third kappa shape index (κ3) is 4.25. The lowest BCUT2D eigenvalue weighted by Crippen LogP contribution is -1.96. The largest absolute Gasteiger partial charge is 0.305 e. The Bertz CT molecular complexity index is 824. The third-order valence-corrected chi connectivity index (χ3v) is 6.25. The summed E-state index contributed by atoms with van der Waals surface area (Å²) in [7, 11) is 1.97. The number of halogens is 2. The maximum atomic E-state index is 6.17. The Morgan fingerprint density at radius 3 is 2.54 bits per heavy atom. The fraction of sp³-hybridized carbons (Fsp3) is 0.188. The van der Waals surface area contributed by atoms with Crippen LogP contribution in [0, 0.1) is 0 Å². The highest BCUT2D eigenvalue weighted by Crippen LogP contribution is 2.31. The Morgan fingerprint density at radius 1 is 1.00 bits per heavy atom. The molecule has 0 atom stereocenters. The molecule has 8 heteroatoms. The normalized spacial score (nSPS) is 11.0. The minimum Gasteiger partial charge on any atom is -0.305 e. The summed E-state index contributed by atoms with van der Waals surface area (Å²) in [5.41, 5.74) is 1.01. The molecule has 1 aromatic carbocycles. The van der Waals surface area contributed by atoms with E-state index in [9.17, 15) is 0 Å². The van der Waals surface area contributed by atoms with Crippen molar-refractivity contribution < 1.29 is 0 Å². The van der Waals surface area contributed by atoms with Crippen molar-refractivity contribution in [2.24, 2.45) is 7.05 Å². The molecular weight excluding hydrogens is 383 g/mol. The molecule has 0 saturated heterocycles. The molecule has 0 bridgehead atoms. The predicted molar refractivity (Wildman–Crippen MR) is 102 cm³/mol. The molecule has 0 aliphatic heterocycles. The summed E-state index contributed by atoms with van der Waals surface area (Å²) in [6.07, 6.45) is 3.50. The SMILES string of the molecule is Cn1c(SCCSc2cc(Cl)ccc2Cl)nnc1-c1ccncc1. The molecule has 0 saturated carbocycles. The van der Waals surface area contributed by atoms with E-state index in [-0.39, 0.29) is 0 Å². The first-order valence-corrected chi connectivity index (χ1v) is 9.88. The van der Waals surface area contributed by atoms with E-state index in [1.54, 1.807) is 42.0 Å². The van der Waals surface area contributed by atoms with Gasteiger partial charge >= 0.3 is 0 Å². The van der Waals surface area contributed by atoms with Gasteiger partial charge in [0.25, 0.3) is 0 Å². The fourth-order valence-corrected chi connectivity index (χ4v) is 4.45. The summed E-state index contributed by atoms with van der Waals surface area (Å²) in [4.78, 5) is 5.02. The van der Waals surface area contributed by atoms with E-state index < -0.39 is 0 Å². The molecular formula is C16H14Cl2N4S2. The summed E-state index contributed by atoms with van der Waals surface area (Å²) < 4.78 is 2.00. The van der Waals surface area contributed by atoms with Crippen LogP contribution in [-0.2, 0) is 7.05 Å². The number of hydrogen-bond donors (Lipinski definition) is 0. The van der Waals surface area contributed by atoms with Gasteiger partial charge in [0.15, 0.2) is 11.0 Å². The quantitative estimate of drug-likeness (QED) is 0.429. The molecule has 0 N–H and O–H groups in total. The molecule has 2 aromatic heterocycles. The van der Waals surface area contributed by atoms with Gasteiger partial charge in [-0.2, -0.15) is 0 Å². The van der Waals surface area contributed by atoms with E-state index in [0.29, 0.717) is 5.02 Å². The van der Waals surface area contributed by atoms with Gasteiger partial charge in [-0.05, 0) is 30.3 Å². The van der Waals surface area contributed by atoms with Crippen molar-refractivity contribution in [3.05, 3.63) is 52.8 Å². The number of thioether (sulfide) groups is 2. The lowest BCUT2D eigenvalue weighted by molar-refractivity contribution is 0.794. The summed E-state index contributed by atoms with van der Waals surface area (Å²) >= 11 is 15.5. The first kappa shape index (κ1) is 17.6. The zero-order valence-corrected chi connectivity index (χ0v) is 16.0. The van der Waals surface area contributed by atoms with Gasteiger partial charge in [-0.25, -0.2) is 0 Å². The lowest BCUT2D eigenvalue weighted by Gasteiger charge is -2.05. The second-order valence-electron chi connectivity index (χ2n) is 4.87. The molecule has 3 rings (SSSR count). The van der Waals surface area contributed by atoms with E-state index in [1.807, 2.05) is 35.9 Å². The van der Waals surface area contributed by atoms with Gasteiger partial charge in [0, 0.05) is 46.4 Å². The molecule has 124 valence electrons. The number of pyridine rings is 1. The van der Waals surface area contributed by atoms with Crippen LogP contribution >= 0.6 is 46.7 Å². The summed E-state index contributed by atoms with van der Waals surface area (Å²) in [6.45, 7) is 0. The predicted octanol–water partition coefficient (Wildman–Crippen LogP) is 5.07. The van der Waals surface area contributed by atoms with Crippen molar-refractivity contribution in [3.8, 4) is 11.4 Å². The van der Waals surface area contributed by atoms with Crippen molar-refractivity contribution in [3.63, 3.8) is 0 Å². The molecule has 0 spiro atoms. The summed E-state index contributed by atoms with van der Waals surface area (Å²) in [5.74, 6) is 2.64. The molecule has 0 radical (unpaired) electrons. The van der Waals surface area contributed by atoms with E-state index in [2.05, 4.69) is 15.2 Å². The highest BCUT2D eigenvalue weighted by Gasteiger charge is 2.11. The highest BCUT2D eigenvalue weighted by atomic mass is 35.5. The highest BCUT2D eigenvalue weighted by molar-refractivity contribution is 8.02. The Balaban J connectivity index is 1.58. The number of hydrogen-bond acceptors (Lipinski definition) is 5. The molecule has 24 heavy (non-hydrogen) atoms. The molecule has 0 aliphatic rings. The molecule has 4 nitrogen and oxygen atoms in total. The number of nitrogens with zero attached hydrogens (tertiary/aromatic N) is 4. The van der Waals surface area contributed by atoms with Crippen molar-refractivity contribution >= 4 is 46.7 Å². The van der Waals surface area contributed by atoms with E-state index in [4.69, 9.17) is 23.2 Å². The topological polar surface area (TPSA) is 43.6 Å². The van der Waals surface area contributed by atoms with Crippen molar-refractivity contribution in [2.75, 3.05) is 11.5 Å². The van der Waals surface area contributed by atoms with E-state index in [0.717, 1.165) is 38.0 Å². The fourth-order valence-electron chi connectivity index (χ4n) is 2.07. The smallest absolute Gasteiger partial charge is 0.191 e. The zero-order chi connectivity index (χ0) is 16.9. The molecule has 3 aromatic rings. The van der Waals surface area contributed by atoms with E-state index in [1.165, 1.54) is 0 Å². The Morgan fingerprint density at radius 2 is 1.75 bits per heavy atom. The van der Waals surface area contributed by atoms with Crippen molar-refractivity contribution in [1.82, 2.24) is 19.7 Å².